The number of nitrogens with zero attached hydrogens (tertiary/aromatic N) is 4. The number of fused-ring (bicyclic) bond motifs is 3. The van der Waals surface area contributed by atoms with Crippen molar-refractivity contribution in [1.82, 2.24) is 15.2 Å². The van der Waals surface area contributed by atoms with Crippen LogP contribution in [0.1, 0.15) is 57.4 Å². The maximum Gasteiger partial charge on any atom is 0.247 e. The maximum absolute atomic E-state index is 13.1. The first-order chi connectivity index (χ1) is 15.0. The largest absolute Gasteiger partial charge is 0.447 e. The average molecular weight is 435 g/mol. The molecule has 4 rings (SSSR count). The monoisotopic (exact) mass is 434 g/mol. The zero-order chi connectivity index (χ0) is 22.0. The molecule has 1 aliphatic rings. The number of hydrogen-bond acceptors (Lipinski definition) is 6. The minimum Gasteiger partial charge on any atom is -0.447 e. The van der Waals surface area contributed by atoms with Gasteiger partial charge in [0.1, 0.15) is 0 Å². The van der Waals surface area contributed by atoms with Crippen LogP contribution < -0.4 is 9.64 Å². The smallest absolute Gasteiger partial charge is 0.247 e. The molecule has 7 heteroatoms. The van der Waals surface area contributed by atoms with Gasteiger partial charge < -0.3 is 4.74 Å². The fourth-order valence-electron chi connectivity index (χ4n) is 3.61. The van der Waals surface area contributed by atoms with Gasteiger partial charge in [0.15, 0.2) is 5.69 Å². The summed E-state index contributed by atoms with van der Waals surface area (Å²) in [6.07, 6.45) is -0.294. The van der Waals surface area contributed by atoms with E-state index in [2.05, 4.69) is 41.2 Å². The molecular formula is C24H26N4O2S. The third-order valence-electron chi connectivity index (χ3n) is 5.24. The number of amides is 1. The Bertz CT molecular complexity index is 1090. The summed E-state index contributed by atoms with van der Waals surface area (Å²) < 4.78 is 6.43. The molecule has 0 aliphatic carbocycles. The molecule has 0 saturated heterocycles. The van der Waals surface area contributed by atoms with Gasteiger partial charge in [-0.15, -0.1) is 10.2 Å². The van der Waals surface area contributed by atoms with Crippen LogP contribution in [0.25, 0.3) is 11.3 Å². The Morgan fingerprint density at radius 2 is 1.84 bits per heavy atom. The van der Waals surface area contributed by atoms with Crippen LogP contribution in [0.3, 0.4) is 0 Å². The first-order valence-corrected chi connectivity index (χ1v) is 11.6. The average Bonchev–Trinajstić information content (AvgIpc) is 2.93. The van der Waals surface area contributed by atoms with E-state index < -0.39 is 6.23 Å². The number of carbonyl (C=O) groups excluding carboxylic acids is 1. The lowest BCUT2D eigenvalue weighted by Gasteiger charge is -2.30. The Morgan fingerprint density at radius 1 is 1.10 bits per heavy atom. The molecule has 0 radical (unpaired) electrons. The molecule has 1 atom stereocenters. The molecule has 6 nitrogen and oxygen atoms in total. The van der Waals surface area contributed by atoms with Crippen LogP contribution in [0.4, 0.5) is 5.69 Å². The molecular weight excluding hydrogens is 408 g/mol. The molecule has 0 fully saturated rings. The van der Waals surface area contributed by atoms with Crippen molar-refractivity contribution in [3.63, 3.8) is 0 Å². The van der Waals surface area contributed by atoms with Crippen LogP contribution in [0.15, 0.2) is 53.7 Å². The molecule has 0 N–H and O–H groups in total. The van der Waals surface area contributed by atoms with E-state index in [0.717, 1.165) is 22.6 Å². The second kappa shape index (κ2) is 9.06. The molecule has 1 aliphatic heterocycles. The number of anilines is 1. The van der Waals surface area contributed by atoms with Gasteiger partial charge in [0.05, 0.1) is 5.69 Å². The lowest BCUT2D eigenvalue weighted by Crippen LogP contribution is -2.37. The van der Waals surface area contributed by atoms with Crippen LogP contribution in [0, 0.1) is 0 Å². The summed E-state index contributed by atoms with van der Waals surface area (Å²) in [5.41, 5.74) is 4.20. The van der Waals surface area contributed by atoms with Crippen LogP contribution in [0.5, 0.6) is 5.88 Å². The predicted molar refractivity (Wildman–Crippen MR) is 123 cm³/mol. The van der Waals surface area contributed by atoms with Crippen LogP contribution in [-0.2, 0) is 4.79 Å². The topological polar surface area (TPSA) is 68.2 Å². The number of rotatable bonds is 5. The van der Waals surface area contributed by atoms with Crippen molar-refractivity contribution in [1.29, 1.82) is 0 Å². The number of ether oxygens (including phenoxy) is 1. The summed E-state index contributed by atoms with van der Waals surface area (Å²) >= 11 is 1.50. The Morgan fingerprint density at radius 3 is 2.52 bits per heavy atom. The Balaban J connectivity index is 1.90. The first kappa shape index (κ1) is 21.3. The SMILES string of the molecule is CCSc1nnc2c(n1)O[C@H](c1ccc(C(C)C)cc1)N(C(=O)CC)c1ccccc1-2. The van der Waals surface area contributed by atoms with Crippen molar-refractivity contribution in [2.75, 3.05) is 10.7 Å². The van der Waals surface area contributed by atoms with Crippen LogP contribution in [0.2, 0.25) is 0 Å². The zero-order valence-corrected chi connectivity index (χ0v) is 19.0. The molecule has 3 aromatic rings. The van der Waals surface area contributed by atoms with E-state index in [1.165, 1.54) is 17.3 Å². The van der Waals surface area contributed by atoms with Gasteiger partial charge in [0.25, 0.3) is 0 Å². The summed E-state index contributed by atoms with van der Waals surface area (Å²) in [5, 5.41) is 9.25. The van der Waals surface area contributed by atoms with Gasteiger partial charge in [-0.25, -0.2) is 0 Å². The summed E-state index contributed by atoms with van der Waals surface area (Å²) in [6.45, 7) is 8.21. The zero-order valence-electron chi connectivity index (χ0n) is 18.2. The van der Waals surface area contributed by atoms with E-state index in [9.17, 15) is 4.79 Å². The number of hydrogen-bond donors (Lipinski definition) is 0. The number of benzene rings is 2. The molecule has 0 saturated carbocycles. The van der Waals surface area contributed by atoms with E-state index in [4.69, 9.17) is 4.74 Å². The highest BCUT2D eigenvalue weighted by Gasteiger charge is 2.35. The minimum atomic E-state index is -0.646. The Kier molecular flexibility index (Phi) is 6.23. The van der Waals surface area contributed by atoms with Gasteiger partial charge in [0, 0.05) is 17.5 Å². The lowest BCUT2D eigenvalue weighted by atomic mass is 10.0. The molecule has 2 aromatic carbocycles. The highest BCUT2D eigenvalue weighted by Crippen LogP contribution is 2.43. The number of aromatic nitrogens is 3. The van der Waals surface area contributed by atoms with E-state index >= 15 is 0 Å². The summed E-state index contributed by atoms with van der Waals surface area (Å²) in [4.78, 5) is 19.5. The van der Waals surface area contributed by atoms with Gasteiger partial charge in [0.2, 0.25) is 23.2 Å². The van der Waals surface area contributed by atoms with E-state index in [1.807, 2.05) is 50.2 Å². The lowest BCUT2D eigenvalue weighted by molar-refractivity contribution is -0.120. The van der Waals surface area contributed by atoms with Crippen molar-refractivity contribution in [2.45, 2.75) is 51.4 Å². The van der Waals surface area contributed by atoms with Crippen molar-refractivity contribution in [3.05, 3.63) is 59.7 Å². The molecule has 1 aromatic heterocycles. The Labute approximate surface area is 187 Å². The second-order valence-corrected chi connectivity index (χ2v) is 8.84. The third-order valence-corrected chi connectivity index (χ3v) is 5.96. The van der Waals surface area contributed by atoms with Crippen molar-refractivity contribution in [2.24, 2.45) is 0 Å². The van der Waals surface area contributed by atoms with Gasteiger partial charge in [-0.05, 0) is 23.3 Å². The quantitative estimate of drug-likeness (QED) is 0.486. The summed E-state index contributed by atoms with van der Waals surface area (Å²) in [6, 6.07) is 15.9. The number of para-hydroxylation sites is 1. The van der Waals surface area contributed by atoms with Crippen LogP contribution >= 0.6 is 11.8 Å². The molecule has 160 valence electrons. The highest BCUT2D eigenvalue weighted by atomic mass is 32.2. The van der Waals surface area contributed by atoms with Crippen molar-refractivity contribution >= 4 is 23.4 Å². The number of thioether (sulfide) groups is 1. The summed E-state index contributed by atoms with van der Waals surface area (Å²) in [5.74, 6) is 1.61. The van der Waals surface area contributed by atoms with E-state index in [1.54, 1.807) is 4.90 Å². The third kappa shape index (κ3) is 4.14. The van der Waals surface area contributed by atoms with E-state index in [-0.39, 0.29) is 5.91 Å². The normalized spacial score (nSPS) is 15.1. The number of carbonyl (C=O) groups is 1. The molecule has 1 amide bonds. The van der Waals surface area contributed by atoms with Crippen molar-refractivity contribution in [3.8, 4) is 17.1 Å². The predicted octanol–water partition coefficient (Wildman–Crippen LogP) is 5.61. The van der Waals surface area contributed by atoms with Gasteiger partial charge in [-0.3, -0.25) is 9.69 Å². The Hall–Kier alpha value is -2.93. The second-order valence-electron chi connectivity index (χ2n) is 7.61. The molecule has 31 heavy (non-hydrogen) atoms. The molecule has 0 spiro atoms. The van der Waals surface area contributed by atoms with Gasteiger partial charge >= 0.3 is 0 Å². The van der Waals surface area contributed by atoms with Gasteiger partial charge in [-0.2, -0.15) is 4.98 Å². The molecule has 0 unspecified atom stereocenters. The van der Waals surface area contributed by atoms with Crippen LogP contribution in [-0.4, -0.2) is 26.8 Å². The fraction of sp³-hybridized carbons (Fsp3) is 0.333. The fourth-order valence-corrected chi connectivity index (χ4v) is 4.11. The van der Waals surface area contributed by atoms with Crippen molar-refractivity contribution < 1.29 is 9.53 Å². The molecule has 0 bridgehead atoms. The van der Waals surface area contributed by atoms with Gasteiger partial charge in [-0.1, -0.05) is 81.9 Å². The maximum atomic E-state index is 13.1. The summed E-state index contributed by atoms with van der Waals surface area (Å²) in [7, 11) is 0. The minimum absolute atomic E-state index is 0.0330. The molecule has 2 heterocycles. The standard InChI is InChI=1S/C24H26N4O2S/c1-5-20(29)28-19-10-8-7-9-18(19)21-22(25-24(27-26-21)31-6-2)30-23(28)17-13-11-16(12-14-17)15(3)4/h7-15,23H,5-6H2,1-4H3/t23-/m1/s1. The highest BCUT2D eigenvalue weighted by molar-refractivity contribution is 7.99. The van der Waals surface area contributed by atoms with E-state index in [0.29, 0.717) is 29.1 Å². The first-order valence-electron chi connectivity index (χ1n) is 10.6.